The molecule has 6 nitrogen and oxygen atoms in total. The minimum Gasteiger partial charge on any atom is -0.566 e. The normalized spacial score (nSPS) is 10.0. The van der Waals surface area contributed by atoms with Gasteiger partial charge in [-0.3, -0.25) is 9.59 Å². The second kappa shape index (κ2) is 7.92. The van der Waals surface area contributed by atoms with Gasteiger partial charge in [0.1, 0.15) is 12.3 Å². The molecule has 1 heterocycles. The van der Waals surface area contributed by atoms with E-state index >= 15 is 0 Å². The van der Waals surface area contributed by atoms with Crippen LogP contribution in [0, 0.1) is 0 Å². The van der Waals surface area contributed by atoms with Crippen LogP contribution < -0.4 is 4.65 Å². The van der Waals surface area contributed by atoms with Crippen molar-refractivity contribution in [2.75, 3.05) is 6.54 Å². The summed E-state index contributed by atoms with van der Waals surface area (Å²) >= 11 is 5.95. The molecule has 0 bridgehead atoms. The lowest BCUT2D eigenvalue weighted by atomic mass is 10.1. The molecule has 0 N–H and O–H groups in total. The third kappa shape index (κ3) is 4.11. The number of halogens is 1. The van der Waals surface area contributed by atoms with E-state index in [9.17, 15) is 9.59 Å². The highest BCUT2D eigenvalue weighted by molar-refractivity contribution is 6.30. The number of hydrogen-bond acceptors (Lipinski definition) is 5. The van der Waals surface area contributed by atoms with Gasteiger partial charge < -0.3 is 14.1 Å². The molecule has 0 aliphatic carbocycles. The summed E-state index contributed by atoms with van der Waals surface area (Å²) < 4.78 is 8.65. The molecule has 10 heteroatoms. The number of pyridine rings is 1. The van der Waals surface area contributed by atoms with E-state index in [1.54, 1.807) is 24.3 Å². The molecule has 0 spiro atoms. The Hall–Kier alpha value is -2.41. The van der Waals surface area contributed by atoms with E-state index in [4.69, 9.17) is 40.3 Å². The molecule has 0 fully saturated rings. The number of benzene rings is 1. The summed E-state index contributed by atoms with van der Waals surface area (Å²) in [5.41, 5.74) is 1.21. The van der Waals surface area contributed by atoms with Crippen LogP contribution in [0.5, 0.6) is 5.75 Å². The molecule has 2 aromatic rings. The van der Waals surface area contributed by atoms with Crippen LogP contribution in [0.1, 0.15) is 10.5 Å². The van der Waals surface area contributed by atoms with Crippen molar-refractivity contribution in [3.63, 3.8) is 0 Å². The summed E-state index contributed by atoms with van der Waals surface area (Å²) in [6, 6.07) is 8.50. The van der Waals surface area contributed by atoms with E-state index in [0.717, 1.165) is 5.56 Å². The standard InChI is InChI=1S/C14H8B3ClN2O4/c15-20(7-12(21)24-17)14(22)13-11(23-16)5-9(6-19-13)8-2-1-3-10(18)4-8/h1-6H,7H2. The molecule has 2 rings (SSSR count). The molecule has 0 saturated heterocycles. The van der Waals surface area contributed by atoms with Crippen LogP contribution in [0.2, 0.25) is 5.02 Å². The Balaban J connectivity index is 2.32. The van der Waals surface area contributed by atoms with Crippen molar-refractivity contribution in [1.82, 2.24) is 9.79 Å². The summed E-state index contributed by atoms with van der Waals surface area (Å²) in [5, 5.41) is 0.538. The largest absolute Gasteiger partial charge is 0.566 e. The average Bonchev–Trinajstić information content (AvgIpc) is 2.60. The fraction of sp³-hybridized carbons (Fsp3) is 0.0714. The molecule has 0 aliphatic rings. The van der Waals surface area contributed by atoms with Crippen LogP contribution >= 0.6 is 11.6 Å². The maximum Gasteiger partial charge on any atom is 0.378 e. The molecule has 0 atom stereocenters. The third-order valence-corrected chi connectivity index (χ3v) is 3.27. The molecule has 0 aliphatic heterocycles. The Labute approximate surface area is 147 Å². The van der Waals surface area contributed by atoms with Gasteiger partial charge in [0.25, 0.3) is 5.91 Å². The third-order valence-electron chi connectivity index (χ3n) is 3.03. The number of rotatable bonds is 5. The maximum absolute atomic E-state index is 12.2. The van der Waals surface area contributed by atoms with Crippen LogP contribution in [-0.2, 0) is 9.45 Å². The number of amides is 1. The highest BCUT2D eigenvalue weighted by Gasteiger charge is 2.20. The lowest BCUT2D eigenvalue weighted by Gasteiger charge is -2.18. The summed E-state index contributed by atoms with van der Waals surface area (Å²) in [6.45, 7) is -0.558. The van der Waals surface area contributed by atoms with Crippen LogP contribution in [-0.4, -0.2) is 52.3 Å². The van der Waals surface area contributed by atoms with Gasteiger partial charge in [0.15, 0.2) is 5.69 Å². The van der Waals surface area contributed by atoms with Gasteiger partial charge in [-0.1, -0.05) is 23.7 Å². The van der Waals surface area contributed by atoms with E-state index in [1.165, 1.54) is 12.3 Å². The minimum absolute atomic E-state index is 0.0194. The monoisotopic (exact) mass is 336 g/mol. The second-order valence-electron chi connectivity index (χ2n) is 4.62. The van der Waals surface area contributed by atoms with Crippen LogP contribution in [0.15, 0.2) is 36.5 Å². The van der Waals surface area contributed by atoms with Crippen molar-refractivity contribution in [3.05, 3.63) is 47.2 Å². The molecule has 114 valence electrons. The van der Waals surface area contributed by atoms with E-state index < -0.39 is 18.4 Å². The Morgan fingerprint density at radius 3 is 2.58 bits per heavy atom. The zero-order valence-electron chi connectivity index (χ0n) is 12.3. The Bertz CT molecular complexity index is 775. The molecular formula is C14H8B3ClN2O4. The summed E-state index contributed by atoms with van der Waals surface area (Å²) in [7, 11) is 15.4. The molecule has 0 unspecified atom stereocenters. The molecule has 6 radical (unpaired) electrons. The zero-order valence-corrected chi connectivity index (χ0v) is 13.1. The summed E-state index contributed by atoms with van der Waals surface area (Å²) in [6.07, 6.45) is 1.43. The maximum atomic E-state index is 12.2. The van der Waals surface area contributed by atoms with Gasteiger partial charge >= 0.3 is 22.1 Å². The van der Waals surface area contributed by atoms with Crippen molar-refractivity contribution in [3.8, 4) is 16.9 Å². The van der Waals surface area contributed by atoms with E-state index in [0.29, 0.717) is 15.4 Å². The van der Waals surface area contributed by atoms with E-state index in [2.05, 4.69) is 9.64 Å². The predicted molar refractivity (Wildman–Crippen MR) is 89.7 cm³/mol. The highest BCUT2D eigenvalue weighted by Crippen LogP contribution is 2.27. The summed E-state index contributed by atoms with van der Waals surface area (Å²) in [4.78, 5) is 27.9. The molecular weight excluding hydrogens is 328 g/mol. The molecule has 24 heavy (non-hydrogen) atoms. The molecule has 1 aromatic heterocycles. The Morgan fingerprint density at radius 2 is 1.96 bits per heavy atom. The number of carbonyl (C=O) groups is 2. The molecule has 1 aromatic carbocycles. The van der Waals surface area contributed by atoms with Crippen molar-refractivity contribution < 1.29 is 18.9 Å². The molecule has 1 amide bonds. The van der Waals surface area contributed by atoms with Crippen molar-refractivity contribution in [2.24, 2.45) is 0 Å². The van der Waals surface area contributed by atoms with Gasteiger partial charge in [0.2, 0.25) is 7.98 Å². The fourth-order valence-electron chi connectivity index (χ4n) is 1.91. The first kappa shape index (κ1) is 17.9. The first-order valence-electron chi connectivity index (χ1n) is 6.55. The van der Waals surface area contributed by atoms with Crippen molar-refractivity contribution in [1.29, 1.82) is 0 Å². The topological polar surface area (TPSA) is 68.7 Å². The van der Waals surface area contributed by atoms with Crippen molar-refractivity contribution >= 4 is 47.6 Å². The predicted octanol–water partition coefficient (Wildman–Crippen LogP) is 1.02. The van der Waals surface area contributed by atoms with Gasteiger partial charge in [-0.2, -0.15) is 0 Å². The van der Waals surface area contributed by atoms with Gasteiger partial charge in [-0.15, -0.1) is 0 Å². The minimum atomic E-state index is -0.892. The van der Waals surface area contributed by atoms with Gasteiger partial charge in [-0.25, -0.2) is 4.98 Å². The van der Waals surface area contributed by atoms with Gasteiger partial charge in [0.05, 0.1) is 0 Å². The average molecular weight is 336 g/mol. The lowest BCUT2D eigenvalue weighted by Crippen LogP contribution is -2.34. The van der Waals surface area contributed by atoms with Crippen molar-refractivity contribution in [2.45, 2.75) is 0 Å². The Kier molecular flexibility index (Phi) is 5.92. The van der Waals surface area contributed by atoms with Crippen LogP contribution in [0.3, 0.4) is 0 Å². The zero-order chi connectivity index (χ0) is 17.7. The highest BCUT2D eigenvalue weighted by atomic mass is 35.5. The lowest BCUT2D eigenvalue weighted by molar-refractivity contribution is -0.133. The quantitative estimate of drug-likeness (QED) is 0.763. The number of aromatic nitrogens is 1. The van der Waals surface area contributed by atoms with Gasteiger partial charge in [-0.05, 0) is 23.8 Å². The van der Waals surface area contributed by atoms with Crippen LogP contribution in [0.4, 0.5) is 0 Å². The SMILES string of the molecule is [B]OC(=O)CN([B])C(=O)c1ncc(-c2cccc(Cl)c2)cc1O[B]. The fourth-order valence-corrected chi connectivity index (χ4v) is 2.10. The number of carbonyl (C=O) groups excluding carboxylic acids is 2. The van der Waals surface area contributed by atoms with E-state index in [-0.39, 0.29) is 11.4 Å². The molecule has 0 saturated carbocycles. The second-order valence-corrected chi connectivity index (χ2v) is 5.06. The van der Waals surface area contributed by atoms with Gasteiger partial charge in [0, 0.05) is 16.8 Å². The first-order valence-corrected chi connectivity index (χ1v) is 6.93. The number of hydrogen-bond donors (Lipinski definition) is 0. The Morgan fingerprint density at radius 1 is 1.21 bits per heavy atom. The summed E-state index contributed by atoms with van der Waals surface area (Å²) in [5.74, 6) is -1.70. The number of nitrogens with zero attached hydrogens (tertiary/aromatic N) is 2. The smallest absolute Gasteiger partial charge is 0.378 e. The van der Waals surface area contributed by atoms with Crippen LogP contribution in [0.25, 0.3) is 11.1 Å². The van der Waals surface area contributed by atoms with E-state index in [1.807, 2.05) is 0 Å². The first-order chi connectivity index (χ1) is 11.5.